The van der Waals surface area contributed by atoms with Crippen LogP contribution < -0.4 is 4.74 Å². The van der Waals surface area contributed by atoms with Gasteiger partial charge in [0.05, 0.1) is 10.5 Å². The van der Waals surface area contributed by atoms with Gasteiger partial charge in [-0.15, -0.1) is 0 Å². The summed E-state index contributed by atoms with van der Waals surface area (Å²) in [5.41, 5.74) is 0.604. The van der Waals surface area contributed by atoms with E-state index in [0.29, 0.717) is 5.52 Å². The van der Waals surface area contributed by atoms with Gasteiger partial charge in [0, 0.05) is 0 Å². The number of imidazole rings is 1. The first kappa shape index (κ1) is 16.2. The molecule has 0 atom stereocenters. The zero-order valence-electron chi connectivity index (χ0n) is 9.36. The monoisotopic (exact) mass is 382 g/mol. The van der Waals surface area contributed by atoms with Crippen molar-refractivity contribution in [2.45, 2.75) is 10.2 Å². The molecule has 1 aromatic heterocycles. The smallest absolute Gasteiger partial charge is 0.272 e. The SMILES string of the molecule is FC(F)COc1c(Cl)cc2[nH]c(C(Cl)(Cl)Cl)nc2c1Cl. The summed E-state index contributed by atoms with van der Waals surface area (Å²) in [5.74, 6) is -0.0648. The van der Waals surface area contributed by atoms with Crippen LogP contribution in [0.25, 0.3) is 11.0 Å². The maximum atomic E-state index is 12.2. The molecule has 0 radical (unpaired) electrons. The zero-order chi connectivity index (χ0) is 15.1. The molecule has 1 aromatic carbocycles. The highest BCUT2D eigenvalue weighted by Crippen LogP contribution is 2.42. The number of fused-ring (bicyclic) bond motifs is 1. The average Bonchev–Trinajstić information content (AvgIpc) is 2.71. The predicted octanol–water partition coefficient (Wildman–Crippen LogP) is 5.34. The number of H-pyrrole nitrogens is 1. The molecule has 2 rings (SSSR count). The number of nitrogens with one attached hydrogen (secondary N) is 1. The summed E-state index contributed by atoms with van der Waals surface area (Å²) in [4.78, 5) is 6.73. The second kappa shape index (κ2) is 5.89. The first-order valence-corrected chi connectivity index (χ1v) is 6.95. The highest BCUT2D eigenvalue weighted by atomic mass is 35.6. The van der Waals surface area contributed by atoms with Crippen LogP contribution in [0.1, 0.15) is 5.82 Å². The molecule has 0 aliphatic rings. The van der Waals surface area contributed by atoms with Crippen LogP contribution in [-0.4, -0.2) is 23.0 Å². The number of rotatable bonds is 3. The first-order chi connectivity index (χ1) is 9.20. The number of hydrogen-bond acceptors (Lipinski definition) is 2. The van der Waals surface area contributed by atoms with Crippen LogP contribution in [0.15, 0.2) is 6.07 Å². The number of alkyl halides is 5. The van der Waals surface area contributed by atoms with Crippen molar-refractivity contribution >= 4 is 69.0 Å². The molecule has 0 saturated carbocycles. The number of aromatic amines is 1. The third kappa shape index (κ3) is 3.34. The molecule has 0 unspecified atom stereocenters. The van der Waals surface area contributed by atoms with E-state index < -0.39 is 16.8 Å². The molecular weight excluding hydrogens is 379 g/mol. The molecule has 0 bridgehead atoms. The Kier molecular flexibility index (Phi) is 4.76. The fraction of sp³-hybridized carbons (Fsp3) is 0.300. The molecule has 0 aliphatic heterocycles. The Morgan fingerprint density at radius 1 is 1.30 bits per heavy atom. The maximum Gasteiger partial charge on any atom is 0.272 e. The molecule has 2 aromatic rings. The van der Waals surface area contributed by atoms with Crippen LogP contribution in [0, 0.1) is 0 Å². The summed E-state index contributed by atoms with van der Waals surface area (Å²) in [6.45, 7) is -0.841. The summed E-state index contributed by atoms with van der Waals surface area (Å²) in [6, 6.07) is 1.40. The van der Waals surface area contributed by atoms with Crippen LogP contribution in [0.3, 0.4) is 0 Å². The van der Waals surface area contributed by atoms with E-state index in [9.17, 15) is 8.78 Å². The highest BCUT2D eigenvalue weighted by Gasteiger charge is 2.28. The van der Waals surface area contributed by atoms with Gasteiger partial charge in [0.15, 0.2) is 11.6 Å². The quantitative estimate of drug-likeness (QED) is 0.726. The van der Waals surface area contributed by atoms with Gasteiger partial charge in [0.2, 0.25) is 3.79 Å². The molecule has 0 spiro atoms. The molecule has 0 amide bonds. The Labute approximate surface area is 137 Å². The molecule has 0 saturated heterocycles. The molecule has 0 aliphatic carbocycles. The lowest BCUT2D eigenvalue weighted by atomic mass is 10.3. The van der Waals surface area contributed by atoms with Gasteiger partial charge in [-0.1, -0.05) is 58.0 Å². The molecule has 10 heteroatoms. The van der Waals surface area contributed by atoms with Crippen LogP contribution in [0.4, 0.5) is 8.78 Å². The summed E-state index contributed by atoms with van der Waals surface area (Å²) >= 11 is 29.0. The second-order valence-corrected chi connectivity index (χ2v) is 6.75. The summed E-state index contributed by atoms with van der Waals surface area (Å²) < 4.78 is 27.4. The standard InChI is InChI=1S/C10H5Cl5F2N2O/c11-3-1-4-7(19-9(18-4)10(13,14)15)6(12)8(3)20-2-5(16)17/h1,5H,2H2,(H,18,19). The predicted molar refractivity (Wildman–Crippen MR) is 76.8 cm³/mol. The number of benzene rings is 1. The van der Waals surface area contributed by atoms with Gasteiger partial charge in [-0.2, -0.15) is 0 Å². The second-order valence-electron chi connectivity index (χ2n) is 3.68. The minimum Gasteiger partial charge on any atom is -0.484 e. The number of nitrogens with zero attached hydrogens (tertiary/aromatic N) is 1. The Morgan fingerprint density at radius 3 is 2.50 bits per heavy atom. The minimum absolute atomic E-state index is 0.0291. The molecule has 110 valence electrons. The fourth-order valence-electron chi connectivity index (χ4n) is 1.48. The molecule has 3 nitrogen and oxygen atoms in total. The van der Waals surface area contributed by atoms with E-state index >= 15 is 0 Å². The van der Waals surface area contributed by atoms with E-state index in [1.54, 1.807) is 0 Å². The molecular formula is C10H5Cl5F2N2O. The Morgan fingerprint density at radius 2 is 1.95 bits per heavy atom. The van der Waals surface area contributed by atoms with Crippen molar-refractivity contribution in [3.05, 3.63) is 21.9 Å². The van der Waals surface area contributed by atoms with Crippen LogP contribution >= 0.6 is 58.0 Å². The lowest BCUT2D eigenvalue weighted by Crippen LogP contribution is -2.07. The maximum absolute atomic E-state index is 12.2. The van der Waals surface area contributed by atoms with Crippen LogP contribution in [-0.2, 0) is 3.79 Å². The lowest BCUT2D eigenvalue weighted by Gasteiger charge is -2.09. The van der Waals surface area contributed by atoms with Crippen molar-refractivity contribution in [2.75, 3.05) is 6.61 Å². The average molecular weight is 384 g/mol. The molecule has 0 fully saturated rings. The molecule has 20 heavy (non-hydrogen) atoms. The van der Waals surface area contributed by atoms with Crippen molar-refractivity contribution in [2.24, 2.45) is 0 Å². The van der Waals surface area contributed by atoms with Gasteiger partial charge in [-0.3, -0.25) is 0 Å². The van der Waals surface area contributed by atoms with Gasteiger partial charge in [-0.25, -0.2) is 13.8 Å². The minimum atomic E-state index is -2.66. The van der Waals surface area contributed by atoms with Gasteiger partial charge in [-0.05, 0) is 6.07 Å². The van der Waals surface area contributed by atoms with Gasteiger partial charge in [0.1, 0.15) is 17.1 Å². The van der Waals surface area contributed by atoms with Crippen molar-refractivity contribution in [1.29, 1.82) is 0 Å². The summed E-state index contributed by atoms with van der Waals surface area (Å²) in [7, 11) is 0. The van der Waals surface area contributed by atoms with Crippen molar-refractivity contribution in [3.63, 3.8) is 0 Å². The van der Waals surface area contributed by atoms with E-state index in [4.69, 9.17) is 62.7 Å². The Balaban J connectivity index is 2.51. The van der Waals surface area contributed by atoms with E-state index in [-0.39, 0.29) is 27.1 Å². The summed E-state index contributed by atoms with van der Waals surface area (Å²) in [6.07, 6.45) is -2.66. The van der Waals surface area contributed by atoms with E-state index in [2.05, 4.69) is 9.97 Å². The first-order valence-electron chi connectivity index (χ1n) is 5.06. The number of hydrogen-bond donors (Lipinski definition) is 1. The number of halogens is 7. The van der Waals surface area contributed by atoms with Crippen LogP contribution in [0.2, 0.25) is 10.0 Å². The Bertz CT molecular complexity index is 641. The van der Waals surface area contributed by atoms with E-state index in [1.807, 2.05) is 0 Å². The summed E-state index contributed by atoms with van der Waals surface area (Å²) in [5, 5.41) is 0.00701. The van der Waals surface area contributed by atoms with Crippen molar-refractivity contribution < 1.29 is 13.5 Å². The van der Waals surface area contributed by atoms with Crippen molar-refractivity contribution in [3.8, 4) is 5.75 Å². The lowest BCUT2D eigenvalue weighted by molar-refractivity contribution is 0.0821. The normalized spacial score (nSPS) is 12.4. The molecule has 1 heterocycles. The zero-order valence-corrected chi connectivity index (χ0v) is 13.1. The molecule has 1 N–H and O–H groups in total. The number of ether oxygens (including phenoxy) is 1. The third-order valence-corrected chi connectivity index (χ3v) is 3.42. The van der Waals surface area contributed by atoms with E-state index in [1.165, 1.54) is 6.07 Å². The van der Waals surface area contributed by atoms with Gasteiger partial charge >= 0.3 is 0 Å². The fourth-order valence-corrected chi connectivity index (χ4v) is 2.35. The van der Waals surface area contributed by atoms with Gasteiger partial charge in [0.25, 0.3) is 6.43 Å². The van der Waals surface area contributed by atoms with Gasteiger partial charge < -0.3 is 9.72 Å². The van der Waals surface area contributed by atoms with E-state index in [0.717, 1.165) is 0 Å². The Hall–Kier alpha value is -0.200. The largest absolute Gasteiger partial charge is 0.484 e. The third-order valence-electron chi connectivity index (χ3n) is 2.25. The topological polar surface area (TPSA) is 37.9 Å². The van der Waals surface area contributed by atoms with Crippen LogP contribution in [0.5, 0.6) is 5.75 Å². The number of aromatic nitrogens is 2. The highest BCUT2D eigenvalue weighted by molar-refractivity contribution is 6.66. The van der Waals surface area contributed by atoms with Crippen molar-refractivity contribution in [1.82, 2.24) is 9.97 Å².